The van der Waals surface area contributed by atoms with Gasteiger partial charge in [-0.3, -0.25) is 0 Å². The highest BCUT2D eigenvalue weighted by Crippen LogP contribution is 2.36. The SMILES string of the molecule is Clc1ccc(-c2nn(-c3ccc(Br)cc3)c3c2CCCCN3)cc1Cl. The highest BCUT2D eigenvalue weighted by molar-refractivity contribution is 9.10. The highest BCUT2D eigenvalue weighted by atomic mass is 79.9. The van der Waals surface area contributed by atoms with Gasteiger partial charge in [-0.1, -0.05) is 45.2 Å². The van der Waals surface area contributed by atoms with Crippen LogP contribution < -0.4 is 5.32 Å². The van der Waals surface area contributed by atoms with Crippen molar-refractivity contribution in [1.82, 2.24) is 9.78 Å². The molecule has 0 fully saturated rings. The molecule has 3 aromatic rings. The number of rotatable bonds is 2. The number of nitrogens with one attached hydrogen (secondary N) is 1. The third kappa shape index (κ3) is 3.31. The monoisotopic (exact) mass is 435 g/mol. The third-order valence-electron chi connectivity index (χ3n) is 4.39. The number of hydrogen-bond acceptors (Lipinski definition) is 2. The van der Waals surface area contributed by atoms with Crippen LogP contribution in [0.5, 0.6) is 0 Å². The molecule has 0 bridgehead atoms. The first-order valence-corrected chi connectivity index (χ1v) is 9.75. The minimum Gasteiger partial charge on any atom is -0.370 e. The number of halogens is 3. The second-order valence-electron chi connectivity index (χ2n) is 6.08. The largest absolute Gasteiger partial charge is 0.370 e. The van der Waals surface area contributed by atoms with Gasteiger partial charge in [0.25, 0.3) is 0 Å². The van der Waals surface area contributed by atoms with E-state index >= 15 is 0 Å². The van der Waals surface area contributed by atoms with Crippen LogP contribution in [0.4, 0.5) is 5.82 Å². The summed E-state index contributed by atoms with van der Waals surface area (Å²) in [5.41, 5.74) is 4.22. The fraction of sp³-hybridized carbons (Fsp3) is 0.211. The van der Waals surface area contributed by atoms with Crippen LogP contribution >= 0.6 is 39.1 Å². The lowest BCUT2D eigenvalue weighted by molar-refractivity contribution is 0.780. The van der Waals surface area contributed by atoms with Crippen LogP contribution in [0.15, 0.2) is 46.9 Å². The lowest BCUT2D eigenvalue weighted by atomic mass is 10.0. The van der Waals surface area contributed by atoms with Gasteiger partial charge in [0, 0.05) is 22.1 Å². The topological polar surface area (TPSA) is 29.9 Å². The Balaban J connectivity index is 1.89. The van der Waals surface area contributed by atoms with Crippen LogP contribution in [0, 0.1) is 0 Å². The summed E-state index contributed by atoms with van der Waals surface area (Å²) >= 11 is 15.8. The second-order valence-corrected chi connectivity index (χ2v) is 7.81. The van der Waals surface area contributed by atoms with E-state index < -0.39 is 0 Å². The maximum atomic E-state index is 6.23. The van der Waals surface area contributed by atoms with Crippen LogP contribution in [-0.4, -0.2) is 16.3 Å². The Bertz CT molecular complexity index is 919. The summed E-state index contributed by atoms with van der Waals surface area (Å²) in [7, 11) is 0. The van der Waals surface area contributed by atoms with Crippen molar-refractivity contribution in [2.24, 2.45) is 0 Å². The molecular weight excluding hydrogens is 421 g/mol. The smallest absolute Gasteiger partial charge is 0.133 e. The molecule has 2 heterocycles. The zero-order valence-corrected chi connectivity index (χ0v) is 16.5. The van der Waals surface area contributed by atoms with Crippen molar-refractivity contribution in [1.29, 1.82) is 0 Å². The molecule has 0 spiro atoms. The number of nitrogens with zero attached hydrogens (tertiary/aromatic N) is 2. The maximum Gasteiger partial charge on any atom is 0.133 e. The van der Waals surface area contributed by atoms with Gasteiger partial charge in [0.05, 0.1) is 21.4 Å². The molecule has 0 amide bonds. The van der Waals surface area contributed by atoms with Crippen LogP contribution in [0.3, 0.4) is 0 Å². The normalized spacial score (nSPS) is 13.9. The number of anilines is 1. The third-order valence-corrected chi connectivity index (χ3v) is 5.66. The summed E-state index contributed by atoms with van der Waals surface area (Å²) in [6.07, 6.45) is 3.28. The molecule has 1 N–H and O–H groups in total. The molecule has 3 nitrogen and oxygen atoms in total. The molecule has 1 aromatic heterocycles. The first-order valence-electron chi connectivity index (χ1n) is 8.20. The molecule has 0 saturated heterocycles. The van der Waals surface area contributed by atoms with Crippen molar-refractivity contribution in [3.8, 4) is 16.9 Å². The first-order chi connectivity index (χ1) is 12.1. The van der Waals surface area contributed by atoms with Crippen molar-refractivity contribution in [3.05, 3.63) is 62.5 Å². The second kappa shape index (κ2) is 7.02. The fourth-order valence-corrected chi connectivity index (χ4v) is 3.71. The van der Waals surface area contributed by atoms with Gasteiger partial charge in [0.15, 0.2) is 0 Å². The van der Waals surface area contributed by atoms with E-state index in [-0.39, 0.29) is 0 Å². The number of benzene rings is 2. The van der Waals surface area contributed by atoms with E-state index in [0.717, 1.165) is 53.0 Å². The summed E-state index contributed by atoms with van der Waals surface area (Å²) in [5.74, 6) is 1.07. The molecule has 4 rings (SSSR count). The molecule has 6 heteroatoms. The number of hydrogen-bond donors (Lipinski definition) is 1. The molecule has 2 aromatic carbocycles. The average Bonchev–Trinajstić information content (AvgIpc) is 2.80. The molecule has 0 aliphatic carbocycles. The van der Waals surface area contributed by atoms with Gasteiger partial charge in [0.1, 0.15) is 5.82 Å². The van der Waals surface area contributed by atoms with E-state index in [1.165, 1.54) is 5.56 Å². The summed E-state index contributed by atoms with van der Waals surface area (Å²) in [5, 5.41) is 9.57. The standard InChI is InChI=1S/C19H16BrCl2N3/c20-13-5-7-14(8-6-13)25-19-15(3-1-2-10-23-19)18(24-25)12-4-9-16(21)17(22)11-12/h4-9,11,23H,1-3,10H2. The van der Waals surface area contributed by atoms with E-state index in [0.29, 0.717) is 10.0 Å². The predicted octanol–water partition coefficient (Wildman–Crippen LogP) is 6.36. The Morgan fingerprint density at radius 1 is 1.00 bits per heavy atom. The lowest BCUT2D eigenvalue weighted by Crippen LogP contribution is -2.07. The molecule has 128 valence electrons. The minimum absolute atomic E-state index is 0.549. The van der Waals surface area contributed by atoms with Gasteiger partial charge in [-0.2, -0.15) is 5.10 Å². The Morgan fingerprint density at radius 3 is 2.56 bits per heavy atom. The van der Waals surface area contributed by atoms with E-state index in [2.05, 4.69) is 33.4 Å². The highest BCUT2D eigenvalue weighted by Gasteiger charge is 2.22. The molecule has 0 radical (unpaired) electrons. The van der Waals surface area contributed by atoms with E-state index in [4.69, 9.17) is 28.3 Å². The van der Waals surface area contributed by atoms with Crippen LogP contribution in [0.1, 0.15) is 18.4 Å². The van der Waals surface area contributed by atoms with E-state index in [1.54, 1.807) is 0 Å². The quantitative estimate of drug-likeness (QED) is 0.506. The van der Waals surface area contributed by atoms with Crippen LogP contribution in [0.25, 0.3) is 16.9 Å². The summed E-state index contributed by atoms with van der Waals surface area (Å²) in [4.78, 5) is 0. The van der Waals surface area contributed by atoms with Crippen molar-refractivity contribution in [3.63, 3.8) is 0 Å². The minimum atomic E-state index is 0.549. The molecule has 1 aliphatic heterocycles. The van der Waals surface area contributed by atoms with Gasteiger partial charge in [0.2, 0.25) is 0 Å². The zero-order chi connectivity index (χ0) is 17.4. The Hall–Kier alpha value is -1.49. The molecule has 1 aliphatic rings. The Labute approximate surface area is 165 Å². The summed E-state index contributed by atoms with van der Waals surface area (Å²) in [6, 6.07) is 13.9. The van der Waals surface area contributed by atoms with Gasteiger partial charge in [-0.05, 0) is 55.7 Å². The maximum absolute atomic E-state index is 6.23. The lowest BCUT2D eigenvalue weighted by Gasteiger charge is -2.09. The molecule has 0 unspecified atom stereocenters. The Morgan fingerprint density at radius 2 is 1.80 bits per heavy atom. The molecule has 0 atom stereocenters. The van der Waals surface area contributed by atoms with Crippen molar-refractivity contribution >= 4 is 44.9 Å². The van der Waals surface area contributed by atoms with Crippen LogP contribution in [0.2, 0.25) is 10.0 Å². The van der Waals surface area contributed by atoms with Gasteiger partial charge in [-0.15, -0.1) is 0 Å². The first kappa shape index (κ1) is 17.0. The zero-order valence-electron chi connectivity index (χ0n) is 13.4. The Kier molecular flexibility index (Phi) is 4.76. The molecular formula is C19H16BrCl2N3. The average molecular weight is 437 g/mol. The fourth-order valence-electron chi connectivity index (χ4n) is 3.15. The molecule has 0 saturated carbocycles. The van der Waals surface area contributed by atoms with Crippen molar-refractivity contribution in [2.45, 2.75) is 19.3 Å². The van der Waals surface area contributed by atoms with Crippen LogP contribution in [-0.2, 0) is 6.42 Å². The van der Waals surface area contributed by atoms with Gasteiger partial charge in [-0.25, -0.2) is 4.68 Å². The van der Waals surface area contributed by atoms with E-state index in [1.807, 2.05) is 35.0 Å². The summed E-state index contributed by atoms with van der Waals surface area (Å²) in [6.45, 7) is 0.954. The number of aromatic nitrogens is 2. The summed E-state index contributed by atoms with van der Waals surface area (Å²) < 4.78 is 3.04. The van der Waals surface area contributed by atoms with E-state index in [9.17, 15) is 0 Å². The van der Waals surface area contributed by atoms with Gasteiger partial charge >= 0.3 is 0 Å². The predicted molar refractivity (Wildman–Crippen MR) is 108 cm³/mol. The van der Waals surface area contributed by atoms with Crippen molar-refractivity contribution < 1.29 is 0 Å². The van der Waals surface area contributed by atoms with Gasteiger partial charge < -0.3 is 5.32 Å². The molecule has 25 heavy (non-hydrogen) atoms. The number of fused-ring (bicyclic) bond motifs is 1. The van der Waals surface area contributed by atoms with Crippen molar-refractivity contribution in [2.75, 3.05) is 11.9 Å².